The first kappa shape index (κ1) is 16.5. The van der Waals surface area contributed by atoms with Gasteiger partial charge in [-0.2, -0.15) is 0 Å². The van der Waals surface area contributed by atoms with Crippen LogP contribution in [0.15, 0.2) is 45.8 Å². The van der Waals surface area contributed by atoms with Gasteiger partial charge in [0, 0.05) is 25.7 Å². The molecule has 0 bridgehead atoms. The molecule has 0 aliphatic carbocycles. The van der Waals surface area contributed by atoms with Gasteiger partial charge in [-0.15, -0.1) is 0 Å². The topological polar surface area (TPSA) is 92.7 Å². The quantitative estimate of drug-likeness (QED) is 0.383. The third-order valence-electron chi connectivity index (χ3n) is 3.35. The van der Waals surface area contributed by atoms with Crippen molar-refractivity contribution in [3.05, 3.63) is 63.6 Å². The van der Waals surface area contributed by atoms with Crippen molar-refractivity contribution in [1.29, 1.82) is 0 Å². The summed E-state index contributed by atoms with van der Waals surface area (Å²) in [5.74, 6) is 2.27. The molecule has 122 valence electrons. The summed E-state index contributed by atoms with van der Waals surface area (Å²) in [6.45, 7) is 4.30. The largest absolute Gasteiger partial charge is 0.464 e. The smallest absolute Gasteiger partial charge is 0.269 e. The zero-order valence-corrected chi connectivity index (χ0v) is 13.4. The highest BCUT2D eigenvalue weighted by Gasteiger charge is 2.11. The standard InChI is InChI=1S/C16H20N4O3/c1-11-7-8-15(23-11)12(2)19-16(17-3)18-10-13-5-4-6-14(9-13)20(21)22/h4-9,12H,10H2,1-3H3,(H2,17,18,19). The van der Waals surface area contributed by atoms with Crippen LogP contribution in [0.3, 0.4) is 0 Å². The minimum absolute atomic E-state index is 0.0417. The highest BCUT2D eigenvalue weighted by atomic mass is 16.6. The van der Waals surface area contributed by atoms with Crippen LogP contribution in [0.2, 0.25) is 0 Å². The van der Waals surface area contributed by atoms with E-state index in [1.807, 2.05) is 32.0 Å². The molecule has 2 N–H and O–H groups in total. The Hall–Kier alpha value is -2.83. The van der Waals surface area contributed by atoms with Crippen LogP contribution < -0.4 is 10.6 Å². The number of hydrogen-bond donors (Lipinski definition) is 2. The molecule has 1 aromatic heterocycles. The highest BCUT2D eigenvalue weighted by molar-refractivity contribution is 5.80. The zero-order valence-electron chi connectivity index (χ0n) is 13.4. The van der Waals surface area contributed by atoms with E-state index >= 15 is 0 Å². The molecule has 1 atom stereocenters. The summed E-state index contributed by atoms with van der Waals surface area (Å²) in [5, 5.41) is 17.1. The lowest BCUT2D eigenvalue weighted by Gasteiger charge is -2.16. The van der Waals surface area contributed by atoms with Gasteiger partial charge < -0.3 is 15.1 Å². The fraction of sp³-hybridized carbons (Fsp3) is 0.312. The van der Waals surface area contributed by atoms with Crippen LogP contribution >= 0.6 is 0 Å². The molecule has 0 fully saturated rings. The molecule has 0 radical (unpaired) electrons. The van der Waals surface area contributed by atoms with Crippen LogP contribution in [0.5, 0.6) is 0 Å². The molecule has 2 rings (SSSR count). The first-order valence-corrected chi connectivity index (χ1v) is 7.26. The van der Waals surface area contributed by atoms with Gasteiger partial charge >= 0.3 is 0 Å². The Kier molecular flexibility index (Phi) is 5.35. The van der Waals surface area contributed by atoms with E-state index in [0.717, 1.165) is 17.1 Å². The number of nitrogens with one attached hydrogen (secondary N) is 2. The maximum atomic E-state index is 10.8. The van der Waals surface area contributed by atoms with Crippen LogP contribution in [0.1, 0.15) is 30.0 Å². The Labute approximate surface area is 134 Å². The van der Waals surface area contributed by atoms with E-state index in [9.17, 15) is 10.1 Å². The second-order valence-corrected chi connectivity index (χ2v) is 5.17. The van der Waals surface area contributed by atoms with Crippen LogP contribution in [0, 0.1) is 17.0 Å². The average Bonchev–Trinajstić information content (AvgIpc) is 2.98. The lowest BCUT2D eigenvalue weighted by Crippen LogP contribution is -2.38. The third-order valence-corrected chi connectivity index (χ3v) is 3.35. The van der Waals surface area contributed by atoms with Gasteiger partial charge in [-0.1, -0.05) is 12.1 Å². The number of aryl methyl sites for hydroxylation is 1. The maximum Gasteiger partial charge on any atom is 0.269 e. The van der Waals surface area contributed by atoms with Crippen molar-refractivity contribution in [2.75, 3.05) is 7.05 Å². The number of non-ortho nitro benzene ring substituents is 1. The fourth-order valence-corrected chi connectivity index (χ4v) is 2.12. The first-order valence-electron chi connectivity index (χ1n) is 7.26. The molecule has 23 heavy (non-hydrogen) atoms. The molecule has 0 saturated carbocycles. The Morgan fingerprint density at radius 2 is 2.17 bits per heavy atom. The minimum atomic E-state index is -0.405. The summed E-state index contributed by atoms with van der Waals surface area (Å²) in [7, 11) is 1.67. The predicted molar refractivity (Wildman–Crippen MR) is 88.3 cm³/mol. The number of rotatable bonds is 5. The Morgan fingerprint density at radius 3 is 2.78 bits per heavy atom. The molecule has 7 heteroatoms. The molecule has 0 saturated heterocycles. The summed E-state index contributed by atoms with van der Waals surface area (Å²) in [4.78, 5) is 14.5. The van der Waals surface area contributed by atoms with Crippen LogP contribution in [0.4, 0.5) is 5.69 Å². The average molecular weight is 316 g/mol. The summed E-state index contributed by atoms with van der Waals surface area (Å²) < 4.78 is 5.58. The number of guanidine groups is 1. The molecule has 0 aliphatic heterocycles. The van der Waals surface area contributed by atoms with Crippen molar-refractivity contribution in [3.63, 3.8) is 0 Å². The van der Waals surface area contributed by atoms with E-state index in [1.165, 1.54) is 6.07 Å². The van der Waals surface area contributed by atoms with Gasteiger partial charge in [-0.3, -0.25) is 15.1 Å². The number of hydrogen-bond acceptors (Lipinski definition) is 4. The van der Waals surface area contributed by atoms with Gasteiger partial charge in [0.05, 0.1) is 11.0 Å². The molecular formula is C16H20N4O3. The molecule has 0 amide bonds. The number of aliphatic imine (C=N–C) groups is 1. The van der Waals surface area contributed by atoms with E-state index in [2.05, 4.69) is 15.6 Å². The van der Waals surface area contributed by atoms with Crippen molar-refractivity contribution in [2.24, 2.45) is 4.99 Å². The van der Waals surface area contributed by atoms with E-state index in [1.54, 1.807) is 19.2 Å². The van der Waals surface area contributed by atoms with Gasteiger partial charge in [0.2, 0.25) is 0 Å². The van der Waals surface area contributed by atoms with Crippen molar-refractivity contribution >= 4 is 11.6 Å². The van der Waals surface area contributed by atoms with E-state index < -0.39 is 4.92 Å². The van der Waals surface area contributed by atoms with E-state index in [-0.39, 0.29) is 11.7 Å². The Morgan fingerprint density at radius 1 is 1.39 bits per heavy atom. The predicted octanol–water partition coefficient (Wildman–Crippen LogP) is 2.92. The third kappa shape index (κ3) is 4.57. The fourth-order valence-electron chi connectivity index (χ4n) is 2.12. The van der Waals surface area contributed by atoms with E-state index in [4.69, 9.17) is 4.42 Å². The first-order chi connectivity index (χ1) is 11.0. The monoisotopic (exact) mass is 316 g/mol. The van der Waals surface area contributed by atoms with Crippen LogP contribution in [0.25, 0.3) is 0 Å². The molecule has 0 spiro atoms. The van der Waals surface area contributed by atoms with Crippen molar-refractivity contribution in [1.82, 2.24) is 10.6 Å². The van der Waals surface area contributed by atoms with Gasteiger partial charge in [0.15, 0.2) is 5.96 Å². The summed E-state index contributed by atoms with van der Waals surface area (Å²) in [6.07, 6.45) is 0. The Balaban J connectivity index is 1.95. The van der Waals surface area contributed by atoms with Crippen LogP contribution in [-0.2, 0) is 6.54 Å². The maximum absolute atomic E-state index is 10.8. The molecule has 7 nitrogen and oxygen atoms in total. The number of benzene rings is 1. The van der Waals surface area contributed by atoms with Crippen molar-refractivity contribution in [2.45, 2.75) is 26.4 Å². The SMILES string of the molecule is CN=C(NCc1cccc([N+](=O)[O-])c1)NC(C)c1ccc(C)o1. The second kappa shape index (κ2) is 7.44. The zero-order chi connectivity index (χ0) is 16.8. The molecule has 0 aliphatic rings. The van der Waals surface area contributed by atoms with Crippen molar-refractivity contribution in [3.8, 4) is 0 Å². The highest BCUT2D eigenvalue weighted by Crippen LogP contribution is 2.15. The number of nitrogens with zero attached hydrogens (tertiary/aromatic N) is 2. The van der Waals surface area contributed by atoms with Crippen LogP contribution in [-0.4, -0.2) is 17.9 Å². The molecule has 1 aromatic carbocycles. The summed E-state index contributed by atoms with van der Waals surface area (Å²) in [6, 6.07) is 10.3. The van der Waals surface area contributed by atoms with Gasteiger partial charge in [-0.25, -0.2) is 0 Å². The van der Waals surface area contributed by atoms with Gasteiger partial charge in [-0.05, 0) is 31.5 Å². The number of furan rings is 1. The lowest BCUT2D eigenvalue weighted by atomic mass is 10.2. The summed E-state index contributed by atoms with van der Waals surface area (Å²) >= 11 is 0. The molecular weight excluding hydrogens is 296 g/mol. The molecule has 1 heterocycles. The summed E-state index contributed by atoms with van der Waals surface area (Å²) in [5.41, 5.74) is 0.885. The second-order valence-electron chi connectivity index (χ2n) is 5.17. The molecule has 2 aromatic rings. The normalized spacial score (nSPS) is 12.7. The number of nitro benzene ring substituents is 1. The lowest BCUT2D eigenvalue weighted by molar-refractivity contribution is -0.384. The Bertz CT molecular complexity index is 709. The van der Waals surface area contributed by atoms with Gasteiger partial charge in [0.25, 0.3) is 5.69 Å². The van der Waals surface area contributed by atoms with Gasteiger partial charge in [0.1, 0.15) is 11.5 Å². The molecule has 1 unspecified atom stereocenters. The minimum Gasteiger partial charge on any atom is -0.464 e. The van der Waals surface area contributed by atoms with Crippen molar-refractivity contribution < 1.29 is 9.34 Å². The van der Waals surface area contributed by atoms with E-state index in [0.29, 0.717) is 12.5 Å². The number of nitro groups is 1.